The summed E-state index contributed by atoms with van der Waals surface area (Å²) >= 11 is 0. The number of halogens is 1. The van der Waals surface area contributed by atoms with Gasteiger partial charge in [0.25, 0.3) is 0 Å². The minimum Gasteiger partial charge on any atom is -1.00 e. The highest BCUT2D eigenvalue weighted by molar-refractivity contribution is 4.47. The van der Waals surface area contributed by atoms with Crippen LogP contribution in [-0.4, -0.2) is 32.2 Å². The fourth-order valence-corrected chi connectivity index (χ4v) is 2.07. The van der Waals surface area contributed by atoms with Gasteiger partial charge in [0.2, 0.25) is 0 Å². The van der Waals surface area contributed by atoms with Crippen molar-refractivity contribution in [2.24, 2.45) is 0 Å². The molecule has 0 unspecified atom stereocenters. The van der Waals surface area contributed by atoms with Gasteiger partial charge in [-0.15, -0.1) is 0 Å². The van der Waals surface area contributed by atoms with Crippen molar-refractivity contribution < 1.29 is 16.9 Å². The third-order valence-corrected chi connectivity index (χ3v) is 3.18. The van der Waals surface area contributed by atoms with Gasteiger partial charge in [0.15, 0.2) is 0 Å². The lowest BCUT2D eigenvalue weighted by molar-refractivity contribution is -0.870. The van der Waals surface area contributed by atoms with Crippen molar-refractivity contribution in [1.29, 1.82) is 0 Å². The molecule has 0 heterocycles. The van der Waals surface area contributed by atoms with E-state index in [9.17, 15) is 0 Å². The van der Waals surface area contributed by atoms with Crippen LogP contribution >= 0.6 is 0 Å². The summed E-state index contributed by atoms with van der Waals surface area (Å²) in [6.45, 7) is 3.62. The van der Waals surface area contributed by atoms with Crippen LogP contribution in [-0.2, 0) is 0 Å². The van der Waals surface area contributed by atoms with Crippen LogP contribution < -0.4 is 18.6 Å². The largest absolute Gasteiger partial charge is 1.00 e. The highest BCUT2D eigenvalue weighted by Gasteiger charge is 2.04. The van der Waals surface area contributed by atoms with Crippen LogP contribution in [0.25, 0.3) is 0 Å². The van der Waals surface area contributed by atoms with Crippen LogP contribution in [0, 0.1) is 0 Å². The molecule has 0 bridgehead atoms. The van der Waals surface area contributed by atoms with Crippen molar-refractivity contribution in [2.75, 3.05) is 27.7 Å². The Morgan fingerprint density at radius 3 is 1.28 bits per heavy atom. The van der Waals surface area contributed by atoms with E-state index in [0.717, 1.165) is 4.48 Å². The van der Waals surface area contributed by atoms with Crippen LogP contribution in [0.1, 0.15) is 71.1 Å². The average Bonchev–Trinajstić information content (AvgIpc) is 2.19. The third kappa shape index (κ3) is 21.5. The van der Waals surface area contributed by atoms with Gasteiger partial charge in [0.05, 0.1) is 27.7 Å². The normalized spacial score (nSPS) is 10.7. The summed E-state index contributed by atoms with van der Waals surface area (Å²) in [6, 6.07) is 0. The minimum absolute atomic E-state index is 0. The van der Waals surface area contributed by atoms with Gasteiger partial charge in [-0.05, 0) is 12.8 Å². The Hall–Kier alpha value is 0.210. The monoisotopic (exact) mass is 281 g/mol. The molecule has 0 fully saturated rings. The predicted octanol–water partition coefficient (Wildman–Crippen LogP) is 1.99. The van der Waals surface area contributed by atoms with Gasteiger partial charge in [-0.2, -0.15) is 0 Å². The number of rotatable bonds is 11. The minimum atomic E-state index is 0. The van der Waals surface area contributed by atoms with E-state index in [1.165, 1.54) is 70.8 Å². The van der Waals surface area contributed by atoms with E-state index < -0.39 is 0 Å². The van der Waals surface area contributed by atoms with E-state index in [1.807, 2.05) is 0 Å². The lowest BCUT2D eigenvalue weighted by Crippen LogP contribution is -3.00. The molecule has 3 heteroatoms. The molecular formula is C15H38ClN2+. The Labute approximate surface area is 122 Å². The Morgan fingerprint density at radius 2 is 0.944 bits per heavy atom. The van der Waals surface area contributed by atoms with Crippen molar-refractivity contribution >= 4 is 0 Å². The molecule has 0 aliphatic heterocycles. The van der Waals surface area contributed by atoms with Crippen LogP contribution in [0.15, 0.2) is 0 Å². The maximum atomic E-state index is 2.29. The van der Waals surface area contributed by atoms with E-state index in [-0.39, 0.29) is 18.6 Å². The topological polar surface area (TPSA) is 36.5 Å². The van der Waals surface area contributed by atoms with Crippen molar-refractivity contribution in [3.8, 4) is 0 Å². The molecule has 0 saturated heterocycles. The zero-order chi connectivity index (χ0) is 12.3. The summed E-state index contributed by atoms with van der Waals surface area (Å²) in [5.74, 6) is 0. The van der Waals surface area contributed by atoms with E-state index in [0.29, 0.717) is 0 Å². The number of quaternary nitrogens is 2. The summed E-state index contributed by atoms with van der Waals surface area (Å²) in [7, 11) is 6.86. The number of unbranched alkanes of at least 4 members (excludes halogenated alkanes) is 9. The fourth-order valence-electron chi connectivity index (χ4n) is 2.07. The molecule has 0 aromatic carbocycles. The van der Waals surface area contributed by atoms with Gasteiger partial charge in [0, 0.05) is 0 Å². The lowest BCUT2D eigenvalue weighted by atomic mass is 10.1. The molecule has 18 heavy (non-hydrogen) atoms. The first-order valence-corrected chi connectivity index (χ1v) is 7.36. The highest BCUT2D eigenvalue weighted by atomic mass is 35.5. The number of hydrogen-bond donors (Lipinski definition) is 1. The number of hydrogen-bond acceptors (Lipinski definition) is 0. The van der Waals surface area contributed by atoms with Crippen molar-refractivity contribution in [3.05, 3.63) is 0 Å². The molecule has 114 valence electrons. The summed E-state index contributed by atoms with van der Waals surface area (Å²) in [5, 5.41) is 0. The van der Waals surface area contributed by atoms with E-state index in [2.05, 4.69) is 28.1 Å². The molecule has 0 rings (SSSR count). The van der Waals surface area contributed by atoms with Gasteiger partial charge < -0.3 is 23.0 Å². The molecule has 0 aromatic rings. The quantitative estimate of drug-likeness (QED) is 0.444. The lowest BCUT2D eigenvalue weighted by Gasteiger charge is -2.23. The second-order valence-corrected chi connectivity index (χ2v) is 6.20. The van der Waals surface area contributed by atoms with E-state index in [1.54, 1.807) is 0 Å². The number of nitrogens with zero attached hydrogens (tertiary/aromatic N) is 1. The van der Waals surface area contributed by atoms with Crippen molar-refractivity contribution in [1.82, 2.24) is 6.15 Å². The first-order chi connectivity index (χ1) is 7.56. The Morgan fingerprint density at radius 1 is 0.611 bits per heavy atom. The molecule has 0 aliphatic rings. The molecular weight excluding hydrogens is 244 g/mol. The van der Waals surface area contributed by atoms with E-state index >= 15 is 0 Å². The summed E-state index contributed by atoms with van der Waals surface area (Å²) in [5.41, 5.74) is 0. The third-order valence-electron chi connectivity index (χ3n) is 3.18. The van der Waals surface area contributed by atoms with Crippen molar-refractivity contribution in [2.45, 2.75) is 71.1 Å². The summed E-state index contributed by atoms with van der Waals surface area (Å²) in [6.07, 6.45) is 14.4. The smallest absolute Gasteiger partial charge is 0.0780 e. The predicted molar refractivity (Wildman–Crippen MR) is 80.7 cm³/mol. The molecule has 0 saturated carbocycles. The second-order valence-electron chi connectivity index (χ2n) is 6.20. The molecule has 2 nitrogen and oxygen atoms in total. The Bertz CT molecular complexity index is 144. The van der Waals surface area contributed by atoms with Crippen LogP contribution in [0.4, 0.5) is 0 Å². The standard InChI is InChI=1S/C15H34N.ClH.H3N/c1-5-6-7-8-9-10-11-12-13-14-15-16(2,3)4;;/h5-15H2,1-4H3;1H;1H3/q+1;;. The molecule has 0 aromatic heterocycles. The first-order valence-electron chi connectivity index (χ1n) is 7.36. The molecule has 0 amide bonds. The maximum absolute atomic E-state index is 2.29. The van der Waals surface area contributed by atoms with Crippen LogP contribution in [0.3, 0.4) is 0 Å². The van der Waals surface area contributed by atoms with Crippen LogP contribution in [0.2, 0.25) is 0 Å². The molecule has 4 N–H and O–H groups in total. The van der Waals surface area contributed by atoms with Gasteiger partial charge in [-0.25, -0.2) is 0 Å². The highest BCUT2D eigenvalue weighted by Crippen LogP contribution is 2.10. The molecule has 0 radical (unpaired) electrons. The zero-order valence-electron chi connectivity index (χ0n) is 13.6. The Kier molecular flexibility index (Phi) is 19.8. The second kappa shape index (κ2) is 15.3. The van der Waals surface area contributed by atoms with Gasteiger partial charge in [0.1, 0.15) is 0 Å². The Balaban J connectivity index is -0.00000112. The SMILES string of the molecule is CCCCCCCCCCCC[N+](C)(C)C.[Cl-].[NH4+]. The van der Waals surface area contributed by atoms with Gasteiger partial charge in [-0.1, -0.05) is 58.3 Å². The van der Waals surface area contributed by atoms with Crippen molar-refractivity contribution in [3.63, 3.8) is 0 Å². The average molecular weight is 282 g/mol. The molecule has 0 aliphatic carbocycles. The fraction of sp³-hybridized carbons (Fsp3) is 1.00. The first kappa shape index (κ1) is 23.3. The van der Waals surface area contributed by atoms with Gasteiger partial charge >= 0.3 is 0 Å². The summed E-state index contributed by atoms with van der Waals surface area (Å²) in [4.78, 5) is 0. The maximum Gasteiger partial charge on any atom is 0.0780 e. The van der Waals surface area contributed by atoms with E-state index in [4.69, 9.17) is 0 Å². The van der Waals surface area contributed by atoms with Gasteiger partial charge in [-0.3, -0.25) is 0 Å². The zero-order valence-corrected chi connectivity index (χ0v) is 14.4. The molecule has 0 spiro atoms. The van der Waals surface area contributed by atoms with Crippen LogP contribution in [0.5, 0.6) is 0 Å². The summed E-state index contributed by atoms with van der Waals surface area (Å²) < 4.78 is 1.12. The molecule has 0 atom stereocenters.